The molecule has 0 N–H and O–H groups in total. The third kappa shape index (κ3) is 5.52. The summed E-state index contributed by atoms with van der Waals surface area (Å²) in [5, 5.41) is 0. The highest BCUT2D eigenvalue weighted by atomic mass is 16.5. The van der Waals surface area contributed by atoms with Crippen molar-refractivity contribution in [2.75, 3.05) is 0 Å². The molecule has 0 saturated carbocycles. The molecule has 0 bridgehead atoms. The number of aryl methyl sites for hydroxylation is 1. The summed E-state index contributed by atoms with van der Waals surface area (Å²) in [5.74, 6) is 0.324. The number of hydrogen-bond acceptors (Lipinski definition) is 2. The average molecular weight is 324 g/mol. The maximum atomic E-state index is 12.6. The van der Waals surface area contributed by atoms with Crippen LogP contribution >= 0.6 is 0 Å². The van der Waals surface area contributed by atoms with Crippen molar-refractivity contribution in [3.05, 3.63) is 71.3 Å². The molecule has 0 amide bonds. The van der Waals surface area contributed by atoms with E-state index < -0.39 is 0 Å². The number of hydrogen-bond donors (Lipinski definition) is 0. The van der Waals surface area contributed by atoms with Crippen LogP contribution in [0.3, 0.4) is 0 Å². The lowest BCUT2D eigenvalue weighted by molar-refractivity contribution is 0.0272. The zero-order valence-corrected chi connectivity index (χ0v) is 15.0. The standard InChI is InChI=1S/C22H28O2/c1-4-20(15-14-18-10-6-5-7-11-18)24-22(23)21-13-9-8-12-19(21)16-17(2)3/h5-13,17,20H,4,14-16H2,1-3H3. The first kappa shape index (κ1) is 18.3. The maximum Gasteiger partial charge on any atom is 0.338 e. The van der Waals surface area contributed by atoms with Crippen molar-refractivity contribution in [3.63, 3.8) is 0 Å². The smallest absolute Gasteiger partial charge is 0.338 e. The Morgan fingerprint density at radius 3 is 2.33 bits per heavy atom. The number of carbonyl (C=O) groups is 1. The van der Waals surface area contributed by atoms with Gasteiger partial charge < -0.3 is 4.74 Å². The number of benzene rings is 2. The summed E-state index contributed by atoms with van der Waals surface area (Å²) in [7, 11) is 0. The molecule has 0 aliphatic carbocycles. The molecule has 0 heterocycles. The van der Waals surface area contributed by atoms with Crippen molar-refractivity contribution >= 4 is 5.97 Å². The van der Waals surface area contributed by atoms with E-state index in [1.54, 1.807) is 0 Å². The van der Waals surface area contributed by atoms with E-state index in [0.717, 1.165) is 31.2 Å². The molecule has 0 radical (unpaired) electrons. The van der Waals surface area contributed by atoms with Gasteiger partial charge in [-0.05, 0) is 48.8 Å². The molecule has 2 aromatic carbocycles. The molecule has 24 heavy (non-hydrogen) atoms. The minimum absolute atomic E-state index is 0.0372. The highest BCUT2D eigenvalue weighted by Gasteiger charge is 2.17. The van der Waals surface area contributed by atoms with Crippen molar-refractivity contribution < 1.29 is 9.53 Å². The van der Waals surface area contributed by atoms with Crippen LogP contribution in [0.4, 0.5) is 0 Å². The van der Waals surface area contributed by atoms with Gasteiger partial charge in [0.15, 0.2) is 0 Å². The molecule has 2 rings (SSSR count). The Hall–Kier alpha value is -2.09. The molecular formula is C22H28O2. The summed E-state index contributed by atoms with van der Waals surface area (Å²) in [5.41, 5.74) is 3.08. The number of ether oxygens (including phenoxy) is 1. The van der Waals surface area contributed by atoms with Crippen LogP contribution in [0.15, 0.2) is 54.6 Å². The van der Waals surface area contributed by atoms with Crippen LogP contribution in [-0.2, 0) is 17.6 Å². The molecule has 0 aromatic heterocycles. The molecule has 1 atom stereocenters. The minimum Gasteiger partial charge on any atom is -0.459 e. The van der Waals surface area contributed by atoms with Crippen molar-refractivity contribution in [1.29, 1.82) is 0 Å². The highest BCUT2D eigenvalue weighted by molar-refractivity contribution is 5.91. The van der Waals surface area contributed by atoms with Gasteiger partial charge >= 0.3 is 5.97 Å². The van der Waals surface area contributed by atoms with Gasteiger partial charge in [0.1, 0.15) is 6.10 Å². The average Bonchev–Trinajstić information content (AvgIpc) is 2.59. The monoisotopic (exact) mass is 324 g/mol. The second-order valence-electron chi connectivity index (χ2n) is 6.71. The van der Waals surface area contributed by atoms with Crippen LogP contribution in [0.2, 0.25) is 0 Å². The van der Waals surface area contributed by atoms with E-state index in [1.165, 1.54) is 5.56 Å². The Balaban J connectivity index is 1.99. The molecule has 0 spiro atoms. The molecule has 1 unspecified atom stereocenters. The molecule has 2 nitrogen and oxygen atoms in total. The topological polar surface area (TPSA) is 26.3 Å². The first-order valence-corrected chi connectivity index (χ1v) is 8.93. The van der Waals surface area contributed by atoms with E-state index >= 15 is 0 Å². The Morgan fingerprint density at radius 1 is 1.00 bits per heavy atom. The second kappa shape index (κ2) is 9.27. The van der Waals surface area contributed by atoms with Gasteiger partial charge in [0.25, 0.3) is 0 Å². The van der Waals surface area contributed by atoms with Crippen molar-refractivity contribution in [2.45, 2.75) is 52.6 Å². The van der Waals surface area contributed by atoms with Gasteiger partial charge in [-0.1, -0.05) is 69.3 Å². The largest absolute Gasteiger partial charge is 0.459 e. The van der Waals surface area contributed by atoms with Crippen LogP contribution in [-0.4, -0.2) is 12.1 Å². The molecule has 2 heteroatoms. The van der Waals surface area contributed by atoms with Gasteiger partial charge in [0.2, 0.25) is 0 Å². The molecular weight excluding hydrogens is 296 g/mol. The summed E-state index contributed by atoms with van der Waals surface area (Å²) < 4.78 is 5.79. The molecule has 0 aliphatic heterocycles. The van der Waals surface area contributed by atoms with Crippen molar-refractivity contribution in [3.8, 4) is 0 Å². The summed E-state index contributed by atoms with van der Waals surface area (Å²) in [6.07, 6.45) is 3.49. The number of esters is 1. The fourth-order valence-corrected chi connectivity index (χ4v) is 2.87. The number of rotatable bonds is 8. The third-order valence-electron chi connectivity index (χ3n) is 4.19. The zero-order chi connectivity index (χ0) is 17.4. The fraction of sp³-hybridized carbons (Fsp3) is 0.409. The first-order valence-electron chi connectivity index (χ1n) is 8.93. The van der Waals surface area contributed by atoms with Crippen LogP contribution in [0.1, 0.15) is 55.1 Å². The second-order valence-corrected chi connectivity index (χ2v) is 6.71. The van der Waals surface area contributed by atoms with E-state index in [1.807, 2.05) is 42.5 Å². The van der Waals surface area contributed by atoms with E-state index in [9.17, 15) is 4.79 Å². The maximum absolute atomic E-state index is 12.6. The van der Waals surface area contributed by atoms with Gasteiger partial charge in [-0.2, -0.15) is 0 Å². The first-order chi connectivity index (χ1) is 11.6. The molecule has 0 saturated heterocycles. The van der Waals surface area contributed by atoms with E-state index in [0.29, 0.717) is 11.5 Å². The van der Waals surface area contributed by atoms with Gasteiger partial charge in [-0.3, -0.25) is 0 Å². The van der Waals surface area contributed by atoms with Gasteiger partial charge in [0, 0.05) is 0 Å². The predicted octanol–water partition coefficient (Wildman–Crippen LogP) is 5.45. The summed E-state index contributed by atoms with van der Waals surface area (Å²) >= 11 is 0. The SMILES string of the molecule is CCC(CCc1ccccc1)OC(=O)c1ccccc1CC(C)C. The van der Waals surface area contributed by atoms with E-state index in [4.69, 9.17) is 4.74 Å². The highest BCUT2D eigenvalue weighted by Crippen LogP contribution is 2.18. The zero-order valence-electron chi connectivity index (χ0n) is 15.0. The van der Waals surface area contributed by atoms with Crippen molar-refractivity contribution in [1.82, 2.24) is 0 Å². The van der Waals surface area contributed by atoms with Crippen molar-refractivity contribution in [2.24, 2.45) is 5.92 Å². The lowest BCUT2D eigenvalue weighted by Crippen LogP contribution is -2.19. The van der Waals surface area contributed by atoms with E-state index in [-0.39, 0.29) is 12.1 Å². The summed E-state index contributed by atoms with van der Waals surface area (Å²) in [6.45, 7) is 6.40. The van der Waals surface area contributed by atoms with Gasteiger partial charge in [0.05, 0.1) is 5.56 Å². The van der Waals surface area contributed by atoms with Gasteiger partial charge in [-0.25, -0.2) is 4.79 Å². The number of carbonyl (C=O) groups excluding carboxylic acids is 1. The fourth-order valence-electron chi connectivity index (χ4n) is 2.87. The molecule has 2 aromatic rings. The lowest BCUT2D eigenvalue weighted by atomic mass is 9.98. The van der Waals surface area contributed by atoms with Crippen LogP contribution in [0, 0.1) is 5.92 Å². The predicted molar refractivity (Wildman–Crippen MR) is 99.2 cm³/mol. The summed E-state index contributed by atoms with van der Waals surface area (Å²) in [6, 6.07) is 18.2. The minimum atomic E-state index is -0.189. The normalized spacial score (nSPS) is 12.2. The van der Waals surface area contributed by atoms with Crippen LogP contribution < -0.4 is 0 Å². The summed E-state index contributed by atoms with van der Waals surface area (Å²) in [4.78, 5) is 12.6. The van der Waals surface area contributed by atoms with E-state index in [2.05, 4.69) is 32.9 Å². The van der Waals surface area contributed by atoms with Crippen LogP contribution in [0.5, 0.6) is 0 Å². The molecule has 0 aliphatic rings. The Kier molecular flexibility index (Phi) is 7.05. The Morgan fingerprint density at radius 2 is 1.67 bits per heavy atom. The quantitative estimate of drug-likeness (QED) is 0.603. The molecule has 128 valence electrons. The Labute approximate surface area is 145 Å². The Bertz CT molecular complexity index is 631. The van der Waals surface area contributed by atoms with Gasteiger partial charge in [-0.15, -0.1) is 0 Å². The molecule has 0 fully saturated rings. The van der Waals surface area contributed by atoms with Crippen LogP contribution in [0.25, 0.3) is 0 Å². The lowest BCUT2D eigenvalue weighted by Gasteiger charge is -2.18. The third-order valence-corrected chi connectivity index (χ3v) is 4.19.